The molecule has 1 rings (SSSR count). The van der Waals surface area contributed by atoms with Crippen molar-refractivity contribution in [2.75, 3.05) is 13.2 Å². The van der Waals surface area contributed by atoms with E-state index in [1.807, 2.05) is 13.8 Å². The summed E-state index contributed by atoms with van der Waals surface area (Å²) in [5.74, 6) is -0.522. The molecular formula is C6H11O3. The quantitative estimate of drug-likeness (QED) is 0.525. The Morgan fingerprint density at radius 3 is 2.11 bits per heavy atom. The number of aliphatic hydroxyl groups is 1. The summed E-state index contributed by atoms with van der Waals surface area (Å²) in [5.41, 5.74) is 0. The molecule has 0 amide bonds. The van der Waals surface area contributed by atoms with E-state index in [0.717, 1.165) is 0 Å². The van der Waals surface area contributed by atoms with Crippen LogP contribution in [0.15, 0.2) is 0 Å². The summed E-state index contributed by atoms with van der Waals surface area (Å²) in [4.78, 5) is 0. The summed E-state index contributed by atoms with van der Waals surface area (Å²) >= 11 is 0. The third-order valence-corrected chi connectivity index (χ3v) is 1.17. The van der Waals surface area contributed by atoms with Crippen molar-refractivity contribution in [2.24, 2.45) is 0 Å². The summed E-state index contributed by atoms with van der Waals surface area (Å²) in [7, 11) is 0. The largest absolute Gasteiger partial charge is 0.382 e. The van der Waals surface area contributed by atoms with Crippen LogP contribution >= 0.6 is 0 Å². The molecule has 1 saturated heterocycles. The zero-order valence-corrected chi connectivity index (χ0v) is 5.68. The van der Waals surface area contributed by atoms with Gasteiger partial charge >= 0.3 is 0 Å². The van der Waals surface area contributed by atoms with Crippen LogP contribution < -0.4 is 0 Å². The van der Waals surface area contributed by atoms with Gasteiger partial charge in [-0.2, -0.15) is 0 Å². The van der Waals surface area contributed by atoms with E-state index in [0.29, 0.717) is 13.2 Å². The third kappa shape index (κ3) is 1.93. The lowest BCUT2D eigenvalue weighted by Gasteiger charge is -2.32. The smallest absolute Gasteiger partial charge is 0.163 e. The Kier molecular flexibility index (Phi) is 1.75. The van der Waals surface area contributed by atoms with E-state index in [2.05, 4.69) is 0 Å². The van der Waals surface area contributed by atoms with Gasteiger partial charge in [0, 0.05) is 0 Å². The molecule has 9 heavy (non-hydrogen) atoms. The summed E-state index contributed by atoms with van der Waals surface area (Å²) in [5, 5.41) is 8.81. The zero-order chi connectivity index (χ0) is 6.91. The Bertz CT molecular complexity index is 90.5. The van der Waals surface area contributed by atoms with Gasteiger partial charge in [0.2, 0.25) is 0 Å². The lowest BCUT2D eigenvalue weighted by molar-refractivity contribution is -0.250. The fourth-order valence-electron chi connectivity index (χ4n) is 0.598. The monoisotopic (exact) mass is 131 g/mol. The molecule has 3 nitrogen and oxygen atoms in total. The van der Waals surface area contributed by atoms with Crippen LogP contribution in [0.1, 0.15) is 13.8 Å². The summed E-state index contributed by atoms with van der Waals surface area (Å²) in [6.07, 6.45) is 0.259. The first kappa shape index (κ1) is 6.99. The second-order valence-electron chi connectivity index (χ2n) is 2.54. The number of hydrogen-bond acceptors (Lipinski definition) is 3. The first-order valence-corrected chi connectivity index (χ1v) is 2.92. The molecular weight excluding hydrogens is 120 g/mol. The van der Waals surface area contributed by atoms with Crippen molar-refractivity contribution in [3.63, 3.8) is 0 Å². The van der Waals surface area contributed by atoms with Crippen LogP contribution in [0.3, 0.4) is 0 Å². The van der Waals surface area contributed by atoms with Gasteiger partial charge in [0.05, 0.1) is 13.2 Å². The van der Waals surface area contributed by atoms with Crippen molar-refractivity contribution in [3.8, 4) is 0 Å². The number of ether oxygens (including phenoxy) is 2. The second-order valence-corrected chi connectivity index (χ2v) is 2.54. The van der Waals surface area contributed by atoms with Gasteiger partial charge in [-0.15, -0.1) is 0 Å². The van der Waals surface area contributed by atoms with Crippen molar-refractivity contribution >= 4 is 0 Å². The van der Waals surface area contributed by atoms with Gasteiger partial charge in [0.25, 0.3) is 0 Å². The predicted octanol–water partition coefficient (Wildman–Crippen LogP) is 0.674. The van der Waals surface area contributed by atoms with Gasteiger partial charge in [-0.25, -0.2) is 0 Å². The highest BCUT2D eigenvalue weighted by molar-refractivity contribution is 4.80. The molecule has 0 aromatic carbocycles. The molecule has 1 heterocycles. The maximum Gasteiger partial charge on any atom is 0.163 e. The number of aliphatic hydroxyl groups excluding tert-OH is 1. The number of hydrogen-bond donors (Lipinski definition) is 1. The van der Waals surface area contributed by atoms with E-state index in [1.54, 1.807) is 0 Å². The SMILES string of the molecule is CC1(C)OC[C](O)CO1. The van der Waals surface area contributed by atoms with Crippen LogP contribution in [0.2, 0.25) is 0 Å². The normalized spacial score (nSPS) is 28.3. The maximum absolute atomic E-state index is 8.81. The van der Waals surface area contributed by atoms with E-state index in [1.165, 1.54) is 0 Å². The first-order valence-electron chi connectivity index (χ1n) is 2.92. The van der Waals surface area contributed by atoms with E-state index in [9.17, 15) is 0 Å². The Labute approximate surface area is 54.6 Å². The van der Waals surface area contributed by atoms with Gasteiger partial charge in [0.15, 0.2) is 5.79 Å². The molecule has 1 N–H and O–H groups in total. The van der Waals surface area contributed by atoms with Gasteiger partial charge in [0.1, 0.15) is 6.10 Å². The van der Waals surface area contributed by atoms with Crippen LogP contribution in [0.4, 0.5) is 0 Å². The molecule has 0 aromatic heterocycles. The Morgan fingerprint density at radius 1 is 1.33 bits per heavy atom. The van der Waals surface area contributed by atoms with Gasteiger partial charge < -0.3 is 14.6 Å². The molecule has 0 atom stereocenters. The summed E-state index contributed by atoms with van der Waals surface area (Å²) in [6.45, 7) is 4.24. The molecule has 0 bridgehead atoms. The topological polar surface area (TPSA) is 38.7 Å². The summed E-state index contributed by atoms with van der Waals surface area (Å²) < 4.78 is 10.1. The molecule has 0 saturated carbocycles. The fourth-order valence-corrected chi connectivity index (χ4v) is 0.598. The Balaban J connectivity index is 2.35. The van der Waals surface area contributed by atoms with Crippen molar-refractivity contribution < 1.29 is 14.6 Å². The van der Waals surface area contributed by atoms with Crippen LogP contribution in [-0.2, 0) is 9.47 Å². The minimum absolute atomic E-state index is 0.259. The van der Waals surface area contributed by atoms with Crippen LogP contribution in [0, 0.1) is 6.10 Å². The van der Waals surface area contributed by atoms with E-state index >= 15 is 0 Å². The molecule has 0 aliphatic carbocycles. The highest BCUT2D eigenvalue weighted by Crippen LogP contribution is 2.19. The maximum atomic E-state index is 8.81. The highest BCUT2D eigenvalue weighted by Gasteiger charge is 2.27. The van der Waals surface area contributed by atoms with E-state index in [4.69, 9.17) is 14.6 Å². The van der Waals surface area contributed by atoms with E-state index < -0.39 is 5.79 Å². The molecule has 1 aliphatic rings. The van der Waals surface area contributed by atoms with Crippen LogP contribution in [-0.4, -0.2) is 24.1 Å². The molecule has 53 valence electrons. The molecule has 1 aliphatic heterocycles. The second kappa shape index (κ2) is 2.25. The molecule has 1 radical (unpaired) electrons. The van der Waals surface area contributed by atoms with Crippen molar-refractivity contribution in [1.82, 2.24) is 0 Å². The van der Waals surface area contributed by atoms with Crippen molar-refractivity contribution in [3.05, 3.63) is 6.10 Å². The minimum atomic E-state index is -0.522. The fraction of sp³-hybridized carbons (Fsp3) is 0.833. The van der Waals surface area contributed by atoms with Gasteiger partial charge in [-0.3, -0.25) is 0 Å². The van der Waals surface area contributed by atoms with Gasteiger partial charge in [-0.05, 0) is 13.8 Å². The van der Waals surface area contributed by atoms with Crippen molar-refractivity contribution in [1.29, 1.82) is 0 Å². The lowest BCUT2D eigenvalue weighted by atomic mass is 10.3. The molecule has 0 unspecified atom stereocenters. The van der Waals surface area contributed by atoms with Crippen LogP contribution in [0.25, 0.3) is 0 Å². The van der Waals surface area contributed by atoms with Gasteiger partial charge in [-0.1, -0.05) is 0 Å². The molecule has 3 heteroatoms. The summed E-state index contributed by atoms with van der Waals surface area (Å²) in [6, 6.07) is 0. The Morgan fingerprint density at radius 2 is 1.78 bits per heavy atom. The predicted molar refractivity (Wildman–Crippen MR) is 31.2 cm³/mol. The van der Waals surface area contributed by atoms with Crippen molar-refractivity contribution in [2.45, 2.75) is 19.6 Å². The highest BCUT2D eigenvalue weighted by atomic mass is 16.7. The van der Waals surface area contributed by atoms with E-state index in [-0.39, 0.29) is 6.10 Å². The third-order valence-electron chi connectivity index (χ3n) is 1.17. The average molecular weight is 131 g/mol. The lowest BCUT2D eigenvalue weighted by Crippen LogP contribution is -2.38. The molecule has 0 aromatic rings. The number of rotatable bonds is 0. The zero-order valence-electron chi connectivity index (χ0n) is 5.68. The Hall–Kier alpha value is -0.120. The first-order chi connectivity index (χ1) is 4.10. The average Bonchev–Trinajstić information content (AvgIpc) is 1.78. The minimum Gasteiger partial charge on any atom is -0.382 e. The van der Waals surface area contributed by atoms with Crippen LogP contribution in [0.5, 0.6) is 0 Å². The molecule has 0 spiro atoms. The standard InChI is InChI=1S/C6H11O3/c1-6(2)8-3-5(7)4-9-6/h7H,3-4H2,1-2H3. The molecule has 1 fully saturated rings.